The predicted molar refractivity (Wildman–Crippen MR) is 104 cm³/mol. The summed E-state index contributed by atoms with van der Waals surface area (Å²) in [5, 5.41) is 11.8. The second-order valence-corrected chi connectivity index (χ2v) is 5.90. The van der Waals surface area contributed by atoms with E-state index in [9.17, 15) is 0 Å². The van der Waals surface area contributed by atoms with Gasteiger partial charge in [0.1, 0.15) is 5.75 Å². The summed E-state index contributed by atoms with van der Waals surface area (Å²) in [7, 11) is 1.62. The normalized spacial score (nSPS) is 11.8. The summed E-state index contributed by atoms with van der Waals surface area (Å²) >= 11 is 11.5. The fraction of sp³-hybridized carbons (Fsp3) is 0.0556. The lowest BCUT2D eigenvalue weighted by Crippen LogP contribution is -1.94. The van der Waals surface area contributed by atoms with Crippen LogP contribution in [0.25, 0.3) is 17.5 Å². The van der Waals surface area contributed by atoms with Gasteiger partial charge in [-0.2, -0.15) is 14.9 Å². The Bertz CT molecular complexity index is 959. The summed E-state index contributed by atoms with van der Waals surface area (Å²) in [6.45, 7) is 0. The summed E-state index contributed by atoms with van der Waals surface area (Å²) in [6.07, 6.45) is 3.36. The van der Waals surface area contributed by atoms with Crippen molar-refractivity contribution in [3.05, 3.63) is 70.0 Å². The van der Waals surface area contributed by atoms with Crippen LogP contribution in [0.15, 0.2) is 64.7 Å². The first-order valence-corrected chi connectivity index (χ1v) is 8.24. The number of nitrogens with one attached hydrogen (secondary N) is 1. The quantitative estimate of drug-likeness (QED) is 0.521. The van der Waals surface area contributed by atoms with Gasteiger partial charge in [0.15, 0.2) is 5.82 Å². The molecular formula is C18H15ClN4OS. The van der Waals surface area contributed by atoms with E-state index < -0.39 is 0 Å². The molecule has 1 aromatic heterocycles. The summed E-state index contributed by atoms with van der Waals surface area (Å²) in [5.74, 6) is 1.36. The molecule has 0 spiro atoms. The standard InChI is InChI=1S/C18H15ClN4OS/c1-24-16-9-7-14(8-10-16)17-21-22-18(25)23(17)20-12-15(19)11-13-5-3-2-4-6-13/h2-12H,1H3,(H,22,25)/b15-11-,20-12-. The zero-order valence-electron chi connectivity index (χ0n) is 13.4. The van der Waals surface area contributed by atoms with Gasteiger partial charge in [-0.05, 0) is 48.1 Å². The maximum Gasteiger partial charge on any atom is 0.216 e. The molecule has 0 aliphatic rings. The molecular weight excluding hydrogens is 356 g/mol. The van der Waals surface area contributed by atoms with Crippen molar-refractivity contribution in [1.82, 2.24) is 14.9 Å². The van der Waals surface area contributed by atoms with Gasteiger partial charge < -0.3 is 4.74 Å². The Morgan fingerprint density at radius 3 is 2.60 bits per heavy atom. The lowest BCUT2D eigenvalue weighted by atomic mass is 10.2. The summed E-state index contributed by atoms with van der Waals surface area (Å²) in [6, 6.07) is 17.2. The maximum atomic E-state index is 6.24. The van der Waals surface area contributed by atoms with Crippen LogP contribution in [-0.4, -0.2) is 28.2 Å². The van der Waals surface area contributed by atoms with Crippen molar-refractivity contribution in [3.63, 3.8) is 0 Å². The van der Waals surface area contributed by atoms with Crippen LogP contribution in [-0.2, 0) is 0 Å². The molecule has 0 bridgehead atoms. The molecule has 2 aromatic carbocycles. The van der Waals surface area contributed by atoms with Gasteiger partial charge in [-0.25, -0.2) is 5.10 Å². The Labute approximate surface area is 155 Å². The first-order valence-electron chi connectivity index (χ1n) is 7.46. The van der Waals surface area contributed by atoms with E-state index in [1.807, 2.05) is 60.7 Å². The van der Waals surface area contributed by atoms with Crippen LogP contribution in [0.4, 0.5) is 0 Å². The van der Waals surface area contributed by atoms with Crippen LogP contribution < -0.4 is 4.74 Å². The van der Waals surface area contributed by atoms with E-state index in [2.05, 4.69) is 15.3 Å². The first-order chi connectivity index (χ1) is 12.2. The second-order valence-electron chi connectivity index (χ2n) is 5.08. The minimum Gasteiger partial charge on any atom is -0.497 e. The molecule has 0 saturated carbocycles. The molecule has 0 amide bonds. The van der Waals surface area contributed by atoms with Crippen molar-refractivity contribution in [2.75, 3.05) is 7.11 Å². The highest BCUT2D eigenvalue weighted by atomic mass is 35.5. The molecule has 5 nitrogen and oxygen atoms in total. The van der Waals surface area contributed by atoms with E-state index >= 15 is 0 Å². The molecule has 0 fully saturated rings. The van der Waals surface area contributed by atoms with Gasteiger partial charge in [-0.3, -0.25) is 0 Å². The van der Waals surface area contributed by atoms with Gasteiger partial charge in [-0.1, -0.05) is 41.9 Å². The fourth-order valence-electron chi connectivity index (χ4n) is 2.18. The Hall–Kier alpha value is -2.70. The Balaban J connectivity index is 1.89. The first kappa shape index (κ1) is 17.1. The Morgan fingerprint density at radius 2 is 1.92 bits per heavy atom. The number of rotatable bonds is 5. The summed E-state index contributed by atoms with van der Waals surface area (Å²) < 4.78 is 7.07. The molecule has 1 N–H and O–H groups in total. The molecule has 0 aliphatic carbocycles. The molecule has 7 heteroatoms. The maximum absolute atomic E-state index is 6.24. The van der Waals surface area contributed by atoms with Crippen molar-refractivity contribution in [3.8, 4) is 17.1 Å². The second kappa shape index (κ2) is 7.92. The summed E-state index contributed by atoms with van der Waals surface area (Å²) in [5.41, 5.74) is 1.85. The molecule has 126 valence electrons. The number of allylic oxidation sites excluding steroid dienone is 1. The van der Waals surface area contributed by atoms with E-state index in [0.29, 0.717) is 15.6 Å². The minimum atomic E-state index is 0.381. The SMILES string of the molecule is COc1ccc(-c2n[nH]c(=S)n2/N=C\C(Cl)=C\c2ccccc2)cc1. The van der Waals surface area contributed by atoms with Gasteiger partial charge >= 0.3 is 0 Å². The Kier molecular flexibility index (Phi) is 5.42. The molecule has 0 radical (unpaired) electrons. The topological polar surface area (TPSA) is 55.2 Å². The molecule has 3 aromatic rings. The molecule has 3 rings (SSSR count). The minimum absolute atomic E-state index is 0.381. The van der Waals surface area contributed by atoms with Crippen LogP contribution >= 0.6 is 23.8 Å². The molecule has 0 atom stereocenters. The molecule has 1 heterocycles. The zero-order valence-corrected chi connectivity index (χ0v) is 15.0. The van der Waals surface area contributed by atoms with Gasteiger partial charge in [0.05, 0.1) is 18.4 Å². The molecule has 25 heavy (non-hydrogen) atoms. The smallest absolute Gasteiger partial charge is 0.216 e. The fourth-order valence-corrected chi connectivity index (χ4v) is 2.53. The average molecular weight is 371 g/mol. The lowest BCUT2D eigenvalue weighted by Gasteiger charge is -2.03. The van der Waals surface area contributed by atoms with Crippen molar-refractivity contribution < 1.29 is 4.74 Å². The van der Waals surface area contributed by atoms with Crippen LogP contribution in [0, 0.1) is 4.77 Å². The third-order valence-electron chi connectivity index (χ3n) is 3.40. The largest absolute Gasteiger partial charge is 0.497 e. The van der Waals surface area contributed by atoms with E-state index in [-0.39, 0.29) is 0 Å². The van der Waals surface area contributed by atoms with Crippen LogP contribution in [0.2, 0.25) is 0 Å². The number of ether oxygens (including phenoxy) is 1. The van der Waals surface area contributed by atoms with Gasteiger partial charge in [0.2, 0.25) is 4.77 Å². The average Bonchev–Trinajstić information content (AvgIpc) is 3.01. The van der Waals surface area contributed by atoms with E-state index in [0.717, 1.165) is 16.9 Å². The van der Waals surface area contributed by atoms with Gasteiger partial charge in [0, 0.05) is 5.56 Å². The van der Waals surface area contributed by atoms with Crippen LogP contribution in [0.5, 0.6) is 5.75 Å². The molecule has 0 saturated heterocycles. The molecule has 0 unspecified atom stereocenters. The third kappa shape index (κ3) is 4.23. The summed E-state index contributed by atoms with van der Waals surface area (Å²) in [4.78, 5) is 0. The van der Waals surface area contributed by atoms with Crippen LogP contribution in [0.1, 0.15) is 5.56 Å². The number of hydrogen-bond acceptors (Lipinski definition) is 4. The van der Waals surface area contributed by atoms with Crippen molar-refractivity contribution >= 4 is 36.1 Å². The number of halogens is 1. The highest BCUT2D eigenvalue weighted by molar-refractivity contribution is 7.71. The third-order valence-corrected chi connectivity index (χ3v) is 3.87. The van der Waals surface area contributed by atoms with E-state index in [4.69, 9.17) is 28.6 Å². The number of aromatic nitrogens is 3. The number of aromatic amines is 1. The number of methoxy groups -OCH3 is 1. The van der Waals surface area contributed by atoms with E-state index in [1.54, 1.807) is 7.11 Å². The number of H-pyrrole nitrogens is 1. The van der Waals surface area contributed by atoms with E-state index in [1.165, 1.54) is 10.9 Å². The number of hydrogen-bond donors (Lipinski definition) is 1. The van der Waals surface area contributed by atoms with Gasteiger partial charge in [-0.15, -0.1) is 0 Å². The molecule has 0 aliphatic heterocycles. The van der Waals surface area contributed by atoms with Gasteiger partial charge in [0.25, 0.3) is 0 Å². The van der Waals surface area contributed by atoms with Crippen molar-refractivity contribution in [1.29, 1.82) is 0 Å². The number of nitrogens with zero attached hydrogens (tertiary/aromatic N) is 3. The highest BCUT2D eigenvalue weighted by Gasteiger charge is 2.08. The van der Waals surface area contributed by atoms with Crippen LogP contribution in [0.3, 0.4) is 0 Å². The van der Waals surface area contributed by atoms with Crippen molar-refractivity contribution in [2.24, 2.45) is 5.10 Å². The Morgan fingerprint density at radius 1 is 1.20 bits per heavy atom. The monoisotopic (exact) mass is 370 g/mol. The predicted octanol–water partition coefficient (Wildman–Crippen LogP) is 4.73. The zero-order chi connectivity index (χ0) is 17.6. The highest BCUT2D eigenvalue weighted by Crippen LogP contribution is 2.21. The number of benzene rings is 2. The van der Waals surface area contributed by atoms with Crippen molar-refractivity contribution in [2.45, 2.75) is 0 Å². The lowest BCUT2D eigenvalue weighted by molar-refractivity contribution is 0.415.